The summed E-state index contributed by atoms with van der Waals surface area (Å²) in [6.45, 7) is 1.81. The van der Waals surface area contributed by atoms with E-state index in [4.69, 9.17) is 0 Å². The number of hydrogen-bond acceptors (Lipinski definition) is 2. The van der Waals surface area contributed by atoms with Crippen LogP contribution in [0.5, 0.6) is 0 Å². The highest BCUT2D eigenvalue weighted by atomic mass is 19.1. The van der Waals surface area contributed by atoms with Gasteiger partial charge in [0.25, 0.3) is 0 Å². The van der Waals surface area contributed by atoms with Crippen molar-refractivity contribution in [3.8, 4) is 0 Å². The van der Waals surface area contributed by atoms with E-state index in [1.165, 1.54) is 6.20 Å². The second-order valence-electron chi connectivity index (χ2n) is 3.86. The van der Waals surface area contributed by atoms with Crippen LogP contribution < -0.4 is 0 Å². The number of aromatic nitrogens is 1. The molecule has 88 valence electrons. The Morgan fingerprint density at radius 1 is 1.18 bits per heavy atom. The van der Waals surface area contributed by atoms with Gasteiger partial charge in [0.1, 0.15) is 17.7 Å². The summed E-state index contributed by atoms with van der Waals surface area (Å²) in [5.41, 5.74) is 1.20. The van der Waals surface area contributed by atoms with Gasteiger partial charge in [0.05, 0.1) is 0 Å². The number of halogens is 2. The summed E-state index contributed by atoms with van der Waals surface area (Å²) in [5.74, 6) is -1.22. The second kappa shape index (κ2) is 4.59. The average Bonchev–Trinajstić information content (AvgIpc) is 2.31. The van der Waals surface area contributed by atoms with Gasteiger partial charge in [-0.1, -0.05) is 6.07 Å². The molecule has 0 spiro atoms. The Labute approximate surface area is 97.6 Å². The van der Waals surface area contributed by atoms with Crippen molar-refractivity contribution in [3.05, 3.63) is 65.0 Å². The summed E-state index contributed by atoms with van der Waals surface area (Å²) in [7, 11) is 0. The highest BCUT2D eigenvalue weighted by Crippen LogP contribution is 2.24. The van der Waals surface area contributed by atoms with E-state index < -0.39 is 17.7 Å². The maximum atomic E-state index is 13.5. The van der Waals surface area contributed by atoms with E-state index in [1.807, 2.05) is 6.92 Å². The fourth-order valence-electron chi connectivity index (χ4n) is 1.63. The molecular formula is C13H11F2NO. The number of aryl methyl sites for hydroxylation is 1. The van der Waals surface area contributed by atoms with E-state index in [0.717, 1.165) is 23.8 Å². The van der Waals surface area contributed by atoms with Crippen molar-refractivity contribution >= 4 is 0 Å². The fourth-order valence-corrected chi connectivity index (χ4v) is 1.63. The molecule has 0 aliphatic heterocycles. The summed E-state index contributed by atoms with van der Waals surface area (Å²) in [4.78, 5) is 3.91. The molecule has 0 saturated heterocycles. The molecule has 0 radical (unpaired) electrons. The van der Waals surface area contributed by atoms with Gasteiger partial charge in [0.2, 0.25) is 0 Å². The third kappa shape index (κ3) is 2.47. The molecule has 1 atom stereocenters. The molecular weight excluding hydrogens is 224 g/mol. The predicted octanol–water partition coefficient (Wildman–Crippen LogP) is 2.75. The number of aliphatic hydroxyl groups is 1. The van der Waals surface area contributed by atoms with E-state index in [0.29, 0.717) is 5.56 Å². The lowest BCUT2D eigenvalue weighted by molar-refractivity contribution is 0.214. The molecule has 1 N–H and O–H groups in total. The van der Waals surface area contributed by atoms with Crippen molar-refractivity contribution in [2.75, 3.05) is 0 Å². The number of aliphatic hydroxyl groups excluding tert-OH is 1. The molecule has 0 saturated carbocycles. The molecule has 0 aliphatic rings. The van der Waals surface area contributed by atoms with E-state index in [1.54, 1.807) is 12.3 Å². The van der Waals surface area contributed by atoms with Gasteiger partial charge in [0, 0.05) is 23.5 Å². The van der Waals surface area contributed by atoms with E-state index >= 15 is 0 Å². The van der Waals surface area contributed by atoms with Crippen molar-refractivity contribution in [1.82, 2.24) is 4.98 Å². The largest absolute Gasteiger partial charge is 0.383 e. The predicted molar refractivity (Wildman–Crippen MR) is 59.4 cm³/mol. The lowest BCUT2D eigenvalue weighted by Gasteiger charge is -2.12. The Bertz CT molecular complexity index is 543. The van der Waals surface area contributed by atoms with Crippen molar-refractivity contribution in [2.24, 2.45) is 0 Å². The summed E-state index contributed by atoms with van der Waals surface area (Å²) >= 11 is 0. The monoisotopic (exact) mass is 235 g/mol. The number of hydrogen-bond donors (Lipinski definition) is 1. The first-order valence-electron chi connectivity index (χ1n) is 5.12. The molecule has 1 unspecified atom stereocenters. The van der Waals surface area contributed by atoms with Crippen LogP contribution in [0.1, 0.15) is 22.8 Å². The molecule has 0 aliphatic carbocycles. The van der Waals surface area contributed by atoms with Gasteiger partial charge in [-0.2, -0.15) is 0 Å². The number of rotatable bonds is 2. The zero-order chi connectivity index (χ0) is 12.4. The minimum absolute atomic E-state index is 0.0857. The van der Waals surface area contributed by atoms with Crippen molar-refractivity contribution < 1.29 is 13.9 Å². The molecule has 0 bridgehead atoms. The third-order valence-electron chi connectivity index (χ3n) is 2.46. The van der Waals surface area contributed by atoms with Crippen LogP contribution in [0.15, 0.2) is 36.7 Å². The van der Waals surface area contributed by atoms with Crippen molar-refractivity contribution in [3.63, 3.8) is 0 Å². The molecule has 2 nitrogen and oxygen atoms in total. The summed E-state index contributed by atoms with van der Waals surface area (Å²) < 4.78 is 26.5. The molecule has 1 heterocycles. The van der Waals surface area contributed by atoms with Crippen LogP contribution in [-0.4, -0.2) is 10.1 Å². The standard InChI is InChI=1S/C13H11F2NO/c1-8-4-9(7-16-6-8)13(17)11-5-10(14)2-3-12(11)15/h2-7,13,17H,1H3. The van der Waals surface area contributed by atoms with Crippen LogP contribution in [-0.2, 0) is 0 Å². The minimum Gasteiger partial charge on any atom is -0.383 e. The smallest absolute Gasteiger partial charge is 0.129 e. The van der Waals surface area contributed by atoms with Crippen LogP contribution >= 0.6 is 0 Å². The molecule has 1 aromatic heterocycles. The van der Waals surface area contributed by atoms with Crippen molar-refractivity contribution in [2.45, 2.75) is 13.0 Å². The number of nitrogens with zero attached hydrogens (tertiary/aromatic N) is 1. The quantitative estimate of drug-likeness (QED) is 0.868. The van der Waals surface area contributed by atoms with Crippen LogP contribution in [0.25, 0.3) is 0 Å². The van der Waals surface area contributed by atoms with Gasteiger partial charge in [0.15, 0.2) is 0 Å². The summed E-state index contributed by atoms with van der Waals surface area (Å²) in [6.07, 6.45) is 1.85. The van der Waals surface area contributed by atoms with E-state index in [-0.39, 0.29) is 5.56 Å². The van der Waals surface area contributed by atoms with Gasteiger partial charge in [-0.15, -0.1) is 0 Å². The minimum atomic E-state index is -1.21. The van der Waals surface area contributed by atoms with Crippen LogP contribution in [0.4, 0.5) is 8.78 Å². The lowest BCUT2D eigenvalue weighted by atomic mass is 10.0. The first-order chi connectivity index (χ1) is 8.08. The molecule has 0 amide bonds. The Morgan fingerprint density at radius 3 is 2.65 bits per heavy atom. The normalized spacial score (nSPS) is 12.5. The molecule has 2 rings (SSSR count). The summed E-state index contributed by atoms with van der Waals surface area (Å²) in [6, 6.07) is 4.68. The maximum absolute atomic E-state index is 13.5. The fraction of sp³-hybridized carbons (Fsp3) is 0.154. The first-order valence-corrected chi connectivity index (χ1v) is 5.12. The van der Waals surface area contributed by atoms with E-state index in [2.05, 4.69) is 4.98 Å². The lowest BCUT2D eigenvalue weighted by Crippen LogP contribution is -2.04. The Kier molecular flexibility index (Phi) is 3.15. The number of benzene rings is 1. The van der Waals surface area contributed by atoms with E-state index in [9.17, 15) is 13.9 Å². The highest BCUT2D eigenvalue weighted by molar-refractivity contribution is 5.31. The average molecular weight is 235 g/mol. The Morgan fingerprint density at radius 2 is 1.94 bits per heavy atom. The molecule has 1 aromatic carbocycles. The van der Waals surface area contributed by atoms with Crippen LogP contribution in [0.2, 0.25) is 0 Å². The molecule has 17 heavy (non-hydrogen) atoms. The first kappa shape index (κ1) is 11.7. The topological polar surface area (TPSA) is 33.1 Å². The second-order valence-corrected chi connectivity index (χ2v) is 3.86. The van der Waals surface area contributed by atoms with Crippen molar-refractivity contribution in [1.29, 1.82) is 0 Å². The zero-order valence-electron chi connectivity index (χ0n) is 9.19. The highest BCUT2D eigenvalue weighted by Gasteiger charge is 2.16. The Hall–Kier alpha value is -1.81. The zero-order valence-corrected chi connectivity index (χ0v) is 9.19. The van der Waals surface area contributed by atoms with Gasteiger partial charge >= 0.3 is 0 Å². The van der Waals surface area contributed by atoms with Crippen LogP contribution in [0, 0.1) is 18.6 Å². The van der Waals surface area contributed by atoms with Gasteiger partial charge in [-0.05, 0) is 30.7 Å². The summed E-state index contributed by atoms with van der Waals surface area (Å²) in [5, 5.41) is 9.97. The molecule has 2 aromatic rings. The molecule has 4 heteroatoms. The third-order valence-corrected chi connectivity index (χ3v) is 2.46. The molecule has 0 fully saturated rings. The van der Waals surface area contributed by atoms with Crippen LogP contribution in [0.3, 0.4) is 0 Å². The van der Waals surface area contributed by atoms with Gasteiger partial charge in [-0.3, -0.25) is 4.98 Å². The maximum Gasteiger partial charge on any atom is 0.129 e. The Balaban J connectivity index is 2.43. The SMILES string of the molecule is Cc1cncc(C(O)c2cc(F)ccc2F)c1. The van der Waals surface area contributed by atoms with Gasteiger partial charge in [-0.25, -0.2) is 8.78 Å². The van der Waals surface area contributed by atoms with Gasteiger partial charge < -0.3 is 5.11 Å². The number of pyridine rings is 1.